The second-order valence-corrected chi connectivity index (χ2v) is 8.79. The lowest BCUT2D eigenvalue weighted by molar-refractivity contribution is -0.127. The van der Waals surface area contributed by atoms with Crippen molar-refractivity contribution in [2.75, 3.05) is 45.8 Å². The molecule has 0 spiro atoms. The van der Waals surface area contributed by atoms with Crippen LogP contribution >= 0.6 is 0 Å². The third kappa shape index (κ3) is 5.85. The van der Waals surface area contributed by atoms with Crippen molar-refractivity contribution in [3.63, 3.8) is 0 Å². The maximum Gasteiger partial charge on any atom is 0.222 e. The summed E-state index contributed by atoms with van der Waals surface area (Å²) in [6.07, 6.45) is 13.5. The molecule has 0 aromatic rings. The van der Waals surface area contributed by atoms with Gasteiger partial charge in [0, 0.05) is 38.1 Å². The molecule has 0 radical (unpaired) electrons. The molecule has 2 aliphatic heterocycles. The highest BCUT2D eigenvalue weighted by Crippen LogP contribution is 2.35. The number of carbonyl (C=O) groups excluding carboxylic acids is 1. The van der Waals surface area contributed by atoms with Crippen LogP contribution in [0, 0.1) is 0 Å². The number of aliphatic imine (C=N–C) groups is 1. The smallest absolute Gasteiger partial charge is 0.222 e. The van der Waals surface area contributed by atoms with Gasteiger partial charge in [-0.1, -0.05) is 25.7 Å². The Balaban J connectivity index is 1.52. The van der Waals surface area contributed by atoms with Crippen LogP contribution in [-0.2, 0) is 4.79 Å². The van der Waals surface area contributed by atoms with E-state index in [4.69, 9.17) is 4.99 Å². The van der Waals surface area contributed by atoms with E-state index in [9.17, 15) is 4.79 Å². The summed E-state index contributed by atoms with van der Waals surface area (Å²) in [4.78, 5) is 21.5. The van der Waals surface area contributed by atoms with Crippen LogP contribution in [0.5, 0.6) is 0 Å². The van der Waals surface area contributed by atoms with E-state index in [1.807, 2.05) is 4.90 Å². The molecule has 28 heavy (non-hydrogen) atoms. The fraction of sp³-hybridized carbons (Fsp3) is 0.909. The number of hydrogen-bond acceptors (Lipinski definition) is 3. The van der Waals surface area contributed by atoms with Gasteiger partial charge in [0.25, 0.3) is 0 Å². The van der Waals surface area contributed by atoms with Crippen molar-refractivity contribution in [2.45, 2.75) is 83.1 Å². The SMILES string of the molecule is CCNC(=NCC1(N2CCCCC2)CCCCC1)NCCCN1CCCC1=O. The molecule has 6 heteroatoms. The number of hydrogen-bond donors (Lipinski definition) is 2. The summed E-state index contributed by atoms with van der Waals surface area (Å²) < 4.78 is 0. The topological polar surface area (TPSA) is 60.0 Å². The van der Waals surface area contributed by atoms with E-state index in [1.54, 1.807) is 0 Å². The lowest BCUT2D eigenvalue weighted by Gasteiger charge is -2.47. The molecule has 1 saturated carbocycles. The van der Waals surface area contributed by atoms with Gasteiger partial charge in [-0.25, -0.2) is 0 Å². The molecule has 1 aliphatic carbocycles. The largest absolute Gasteiger partial charge is 0.357 e. The number of nitrogens with zero attached hydrogens (tertiary/aromatic N) is 3. The summed E-state index contributed by atoms with van der Waals surface area (Å²) >= 11 is 0. The first-order valence-electron chi connectivity index (χ1n) is 11.8. The zero-order valence-corrected chi connectivity index (χ0v) is 18.0. The number of amides is 1. The summed E-state index contributed by atoms with van der Waals surface area (Å²) in [5.41, 5.74) is 0.281. The van der Waals surface area contributed by atoms with Crippen LogP contribution < -0.4 is 10.6 Å². The van der Waals surface area contributed by atoms with E-state index in [0.29, 0.717) is 5.91 Å². The molecule has 6 nitrogen and oxygen atoms in total. The Labute approximate surface area is 171 Å². The highest BCUT2D eigenvalue weighted by Gasteiger charge is 2.38. The second-order valence-electron chi connectivity index (χ2n) is 8.79. The molecule has 3 fully saturated rings. The fourth-order valence-corrected chi connectivity index (χ4v) is 5.14. The molecule has 160 valence electrons. The summed E-state index contributed by atoms with van der Waals surface area (Å²) in [6, 6.07) is 0. The first-order valence-corrected chi connectivity index (χ1v) is 11.8. The van der Waals surface area contributed by atoms with Gasteiger partial charge < -0.3 is 15.5 Å². The molecule has 0 bridgehead atoms. The Morgan fingerprint density at radius 2 is 1.75 bits per heavy atom. The monoisotopic (exact) mass is 391 g/mol. The van der Waals surface area contributed by atoms with Crippen molar-refractivity contribution in [1.29, 1.82) is 0 Å². The van der Waals surface area contributed by atoms with E-state index < -0.39 is 0 Å². The Morgan fingerprint density at radius 1 is 1.00 bits per heavy atom. The van der Waals surface area contributed by atoms with Crippen LogP contribution in [0.4, 0.5) is 0 Å². The molecule has 2 heterocycles. The predicted molar refractivity (Wildman–Crippen MR) is 116 cm³/mol. The summed E-state index contributed by atoms with van der Waals surface area (Å²) in [5, 5.41) is 6.92. The molecule has 2 saturated heterocycles. The van der Waals surface area contributed by atoms with Crippen LogP contribution in [0.2, 0.25) is 0 Å². The molecule has 0 unspecified atom stereocenters. The van der Waals surface area contributed by atoms with Gasteiger partial charge in [0.15, 0.2) is 5.96 Å². The number of likely N-dealkylation sites (tertiary alicyclic amines) is 2. The van der Waals surface area contributed by atoms with Gasteiger partial charge >= 0.3 is 0 Å². The zero-order valence-electron chi connectivity index (χ0n) is 18.0. The first kappa shape index (κ1) is 21.4. The van der Waals surface area contributed by atoms with E-state index in [2.05, 4.69) is 22.5 Å². The van der Waals surface area contributed by atoms with Gasteiger partial charge in [-0.2, -0.15) is 0 Å². The number of carbonyl (C=O) groups is 1. The van der Waals surface area contributed by atoms with Crippen molar-refractivity contribution < 1.29 is 4.79 Å². The Bertz CT molecular complexity index is 509. The Kier molecular flexibility index (Phi) is 8.44. The molecular weight excluding hydrogens is 350 g/mol. The third-order valence-electron chi connectivity index (χ3n) is 6.76. The molecule has 3 rings (SSSR count). The van der Waals surface area contributed by atoms with Gasteiger partial charge in [0.05, 0.1) is 6.54 Å². The van der Waals surface area contributed by atoms with Gasteiger partial charge in [0.1, 0.15) is 0 Å². The van der Waals surface area contributed by atoms with E-state index in [1.165, 1.54) is 64.5 Å². The molecule has 2 N–H and O–H groups in total. The average molecular weight is 392 g/mol. The maximum atomic E-state index is 11.7. The van der Waals surface area contributed by atoms with Gasteiger partial charge in [-0.15, -0.1) is 0 Å². The van der Waals surface area contributed by atoms with E-state index in [-0.39, 0.29) is 5.54 Å². The van der Waals surface area contributed by atoms with Crippen molar-refractivity contribution in [1.82, 2.24) is 20.4 Å². The maximum absolute atomic E-state index is 11.7. The van der Waals surface area contributed by atoms with Gasteiger partial charge in [-0.3, -0.25) is 14.7 Å². The molecule has 0 aromatic heterocycles. The molecule has 1 amide bonds. The van der Waals surface area contributed by atoms with Crippen molar-refractivity contribution in [2.24, 2.45) is 4.99 Å². The lowest BCUT2D eigenvalue weighted by Crippen LogP contribution is -2.54. The molecule has 0 atom stereocenters. The zero-order chi connectivity index (χ0) is 19.7. The van der Waals surface area contributed by atoms with Crippen molar-refractivity contribution in [3.05, 3.63) is 0 Å². The molecular formula is C22H41N5O. The van der Waals surface area contributed by atoms with Gasteiger partial charge in [0.2, 0.25) is 5.91 Å². The predicted octanol–water partition coefficient (Wildman–Crippen LogP) is 2.74. The van der Waals surface area contributed by atoms with Crippen LogP contribution in [0.3, 0.4) is 0 Å². The quantitative estimate of drug-likeness (QED) is 0.379. The average Bonchev–Trinajstić information content (AvgIpc) is 3.15. The minimum Gasteiger partial charge on any atom is -0.357 e. The normalized spacial score (nSPS) is 23.8. The minimum absolute atomic E-state index is 0.281. The van der Waals surface area contributed by atoms with Crippen LogP contribution in [-0.4, -0.2) is 73.0 Å². The van der Waals surface area contributed by atoms with Crippen LogP contribution in [0.25, 0.3) is 0 Å². The van der Waals surface area contributed by atoms with Gasteiger partial charge in [-0.05, 0) is 58.5 Å². The summed E-state index contributed by atoms with van der Waals surface area (Å²) in [5.74, 6) is 1.26. The molecule has 0 aromatic carbocycles. The van der Waals surface area contributed by atoms with Crippen LogP contribution in [0.15, 0.2) is 4.99 Å². The first-order chi connectivity index (χ1) is 13.7. The number of guanidine groups is 1. The third-order valence-corrected chi connectivity index (χ3v) is 6.76. The van der Waals surface area contributed by atoms with Crippen molar-refractivity contribution in [3.8, 4) is 0 Å². The minimum atomic E-state index is 0.281. The number of piperidine rings is 1. The van der Waals surface area contributed by atoms with Crippen molar-refractivity contribution >= 4 is 11.9 Å². The van der Waals surface area contributed by atoms with Crippen LogP contribution in [0.1, 0.15) is 77.6 Å². The lowest BCUT2D eigenvalue weighted by atomic mass is 9.79. The Hall–Kier alpha value is -1.30. The standard InChI is InChI=1S/C22H41N5O/c1-2-23-21(24-14-10-16-26-15-9-11-20(26)28)25-19-22(12-5-3-6-13-22)27-17-7-4-8-18-27/h2-19H2,1H3,(H2,23,24,25). The summed E-state index contributed by atoms with van der Waals surface area (Å²) in [7, 11) is 0. The van der Waals surface area contributed by atoms with E-state index >= 15 is 0 Å². The highest BCUT2D eigenvalue weighted by molar-refractivity contribution is 5.80. The number of rotatable bonds is 8. The summed E-state index contributed by atoms with van der Waals surface area (Å²) in [6.45, 7) is 9.09. The molecule has 3 aliphatic rings. The van der Waals surface area contributed by atoms with E-state index in [0.717, 1.165) is 57.9 Å². The fourth-order valence-electron chi connectivity index (χ4n) is 5.14. The number of nitrogens with one attached hydrogen (secondary N) is 2. The Morgan fingerprint density at radius 3 is 2.43 bits per heavy atom. The highest BCUT2D eigenvalue weighted by atomic mass is 16.2. The second kappa shape index (κ2) is 11.0.